The van der Waals surface area contributed by atoms with Crippen LogP contribution in [0.1, 0.15) is 25.5 Å². The number of aromatic nitrogens is 1. The molecule has 3 heteroatoms. The van der Waals surface area contributed by atoms with Gasteiger partial charge < -0.3 is 0 Å². The molecule has 0 aromatic carbocycles. The Morgan fingerprint density at radius 1 is 1.60 bits per heavy atom. The Labute approximate surface area is 70.2 Å². The van der Waals surface area contributed by atoms with Crippen LogP contribution in [-0.4, -0.2) is 9.75 Å². The third-order valence-electron chi connectivity index (χ3n) is 1.61. The van der Waals surface area contributed by atoms with E-state index in [1.165, 1.54) is 11.5 Å². The van der Waals surface area contributed by atoms with Crippen LogP contribution in [0.15, 0.2) is 11.4 Å². The zero-order chi connectivity index (χ0) is 7.56. The van der Waals surface area contributed by atoms with Crippen molar-refractivity contribution in [2.75, 3.05) is 0 Å². The first-order chi connectivity index (χ1) is 4.72. The summed E-state index contributed by atoms with van der Waals surface area (Å²) in [5, 5.41) is 2.15. The van der Waals surface area contributed by atoms with Gasteiger partial charge in [0, 0.05) is 16.7 Å². The second-order valence-electron chi connectivity index (χ2n) is 2.39. The van der Waals surface area contributed by atoms with Crippen LogP contribution >= 0.6 is 23.1 Å². The van der Waals surface area contributed by atoms with Crippen LogP contribution in [0.3, 0.4) is 0 Å². The maximum atomic E-state index is 5.88. The SMILES string of the molecule is CC(Cl)C(C)c1ccsn1. The maximum absolute atomic E-state index is 5.88. The summed E-state index contributed by atoms with van der Waals surface area (Å²) in [4.78, 5) is 0. The number of hydrogen-bond donors (Lipinski definition) is 0. The Morgan fingerprint density at radius 2 is 2.30 bits per heavy atom. The van der Waals surface area contributed by atoms with Crippen molar-refractivity contribution in [1.82, 2.24) is 4.37 Å². The van der Waals surface area contributed by atoms with E-state index in [0.717, 1.165) is 5.69 Å². The summed E-state index contributed by atoms with van der Waals surface area (Å²) in [5.74, 6) is 0.368. The Kier molecular flexibility index (Phi) is 2.69. The van der Waals surface area contributed by atoms with Crippen molar-refractivity contribution in [1.29, 1.82) is 0 Å². The average molecular weight is 176 g/mol. The normalized spacial score (nSPS) is 16.7. The summed E-state index contributed by atoms with van der Waals surface area (Å²) in [5.41, 5.74) is 1.10. The van der Waals surface area contributed by atoms with Crippen molar-refractivity contribution in [2.45, 2.75) is 25.1 Å². The fourth-order valence-electron chi connectivity index (χ4n) is 0.692. The zero-order valence-corrected chi connectivity index (χ0v) is 7.62. The van der Waals surface area contributed by atoms with Crippen molar-refractivity contribution in [3.63, 3.8) is 0 Å². The number of nitrogens with zero attached hydrogens (tertiary/aromatic N) is 1. The van der Waals surface area contributed by atoms with Gasteiger partial charge in [0.15, 0.2) is 0 Å². The molecule has 56 valence electrons. The van der Waals surface area contributed by atoms with Crippen LogP contribution in [-0.2, 0) is 0 Å². The fraction of sp³-hybridized carbons (Fsp3) is 0.571. The molecule has 1 nitrogen and oxygen atoms in total. The molecular weight excluding hydrogens is 166 g/mol. The molecule has 1 rings (SSSR count). The van der Waals surface area contributed by atoms with Crippen LogP contribution in [0.4, 0.5) is 0 Å². The highest BCUT2D eigenvalue weighted by Crippen LogP contribution is 2.21. The van der Waals surface area contributed by atoms with Crippen LogP contribution in [0, 0.1) is 0 Å². The molecule has 1 heterocycles. The summed E-state index contributed by atoms with van der Waals surface area (Å²) in [6.07, 6.45) is 0. The molecule has 1 aromatic heterocycles. The molecule has 0 amide bonds. The Hall–Kier alpha value is -0.0800. The smallest absolute Gasteiger partial charge is 0.0584 e. The van der Waals surface area contributed by atoms with Gasteiger partial charge >= 0.3 is 0 Å². The minimum Gasteiger partial charge on any atom is -0.197 e. The first-order valence-electron chi connectivity index (χ1n) is 3.26. The van der Waals surface area contributed by atoms with E-state index in [-0.39, 0.29) is 5.38 Å². The van der Waals surface area contributed by atoms with Gasteiger partial charge in [-0.15, -0.1) is 11.6 Å². The molecule has 0 radical (unpaired) electrons. The van der Waals surface area contributed by atoms with E-state index in [4.69, 9.17) is 11.6 Å². The molecule has 0 aliphatic heterocycles. The average Bonchev–Trinajstić information content (AvgIpc) is 2.36. The number of halogens is 1. The minimum atomic E-state index is 0.169. The zero-order valence-electron chi connectivity index (χ0n) is 6.04. The van der Waals surface area contributed by atoms with Crippen molar-refractivity contribution < 1.29 is 0 Å². The fourth-order valence-corrected chi connectivity index (χ4v) is 1.43. The van der Waals surface area contributed by atoms with Crippen molar-refractivity contribution >= 4 is 23.1 Å². The summed E-state index contributed by atoms with van der Waals surface area (Å²) >= 11 is 7.36. The Bertz CT molecular complexity index is 183. The van der Waals surface area contributed by atoms with Gasteiger partial charge in [-0.1, -0.05) is 6.92 Å². The van der Waals surface area contributed by atoms with E-state index in [2.05, 4.69) is 11.3 Å². The van der Waals surface area contributed by atoms with E-state index in [1.54, 1.807) is 0 Å². The molecule has 0 saturated heterocycles. The van der Waals surface area contributed by atoms with Crippen LogP contribution < -0.4 is 0 Å². The lowest BCUT2D eigenvalue weighted by Gasteiger charge is -2.09. The summed E-state index contributed by atoms with van der Waals surface area (Å²) < 4.78 is 4.19. The number of hydrogen-bond acceptors (Lipinski definition) is 2. The molecular formula is C7H10ClNS. The van der Waals surface area contributed by atoms with E-state index >= 15 is 0 Å². The van der Waals surface area contributed by atoms with Gasteiger partial charge in [0.25, 0.3) is 0 Å². The van der Waals surface area contributed by atoms with Gasteiger partial charge in [0.05, 0.1) is 5.69 Å². The van der Waals surface area contributed by atoms with Crippen molar-refractivity contribution in [3.05, 3.63) is 17.1 Å². The highest BCUT2D eigenvalue weighted by atomic mass is 35.5. The quantitative estimate of drug-likeness (QED) is 0.630. The molecule has 10 heavy (non-hydrogen) atoms. The minimum absolute atomic E-state index is 0.169. The van der Waals surface area contributed by atoms with E-state index in [1.807, 2.05) is 18.4 Å². The largest absolute Gasteiger partial charge is 0.197 e. The Balaban J connectivity index is 2.68. The molecule has 0 fully saturated rings. The van der Waals surface area contributed by atoms with Crippen molar-refractivity contribution in [3.8, 4) is 0 Å². The monoisotopic (exact) mass is 175 g/mol. The second-order valence-corrected chi connectivity index (χ2v) is 3.74. The van der Waals surface area contributed by atoms with Crippen LogP contribution in [0.25, 0.3) is 0 Å². The third kappa shape index (κ3) is 1.70. The highest BCUT2D eigenvalue weighted by molar-refractivity contribution is 7.03. The van der Waals surface area contributed by atoms with Crippen LogP contribution in [0.5, 0.6) is 0 Å². The van der Waals surface area contributed by atoms with Crippen molar-refractivity contribution in [2.24, 2.45) is 0 Å². The molecule has 0 aliphatic rings. The van der Waals surface area contributed by atoms with E-state index < -0.39 is 0 Å². The first-order valence-corrected chi connectivity index (χ1v) is 4.53. The molecule has 2 atom stereocenters. The molecule has 1 aromatic rings. The first kappa shape index (κ1) is 8.02. The lowest BCUT2D eigenvalue weighted by molar-refractivity contribution is 0.726. The predicted molar refractivity (Wildman–Crippen MR) is 45.8 cm³/mol. The number of alkyl halides is 1. The van der Waals surface area contributed by atoms with Gasteiger partial charge in [-0.2, -0.15) is 4.37 Å². The maximum Gasteiger partial charge on any atom is 0.0584 e. The summed E-state index contributed by atoms with van der Waals surface area (Å²) in [6.45, 7) is 4.08. The van der Waals surface area contributed by atoms with E-state index in [0.29, 0.717) is 5.92 Å². The van der Waals surface area contributed by atoms with Gasteiger partial charge in [0.2, 0.25) is 0 Å². The second kappa shape index (κ2) is 3.35. The van der Waals surface area contributed by atoms with Gasteiger partial charge in [-0.25, -0.2) is 0 Å². The summed E-state index contributed by atoms with van der Waals surface area (Å²) in [6, 6.07) is 2.02. The molecule has 0 N–H and O–H groups in total. The standard InChI is InChI=1S/C7H10ClNS/c1-5(6(2)8)7-3-4-10-9-7/h3-6H,1-2H3. The lowest BCUT2D eigenvalue weighted by Crippen LogP contribution is -2.04. The third-order valence-corrected chi connectivity index (χ3v) is 2.57. The topological polar surface area (TPSA) is 12.9 Å². The Morgan fingerprint density at radius 3 is 2.70 bits per heavy atom. The summed E-state index contributed by atoms with van der Waals surface area (Å²) in [7, 11) is 0. The van der Waals surface area contributed by atoms with Gasteiger partial charge in [-0.3, -0.25) is 0 Å². The lowest BCUT2D eigenvalue weighted by atomic mass is 10.1. The van der Waals surface area contributed by atoms with Gasteiger partial charge in [-0.05, 0) is 24.5 Å². The molecule has 0 spiro atoms. The molecule has 2 unspecified atom stereocenters. The van der Waals surface area contributed by atoms with E-state index in [9.17, 15) is 0 Å². The predicted octanol–water partition coefficient (Wildman–Crippen LogP) is 2.87. The molecule has 0 bridgehead atoms. The van der Waals surface area contributed by atoms with Gasteiger partial charge in [0.1, 0.15) is 0 Å². The van der Waals surface area contributed by atoms with Crippen LogP contribution in [0.2, 0.25) is 0 Å². The number of rotatable bonds is 2. The molecule has 0 saturated carbocycles. The highest BCUT2D eigenvalue weighted by Gasteiger charge is 2.12. The molecule has 0 aliphatic carbocycles.